The van der Waals surface area contributed by atoms with Crippen LogP contribution in [-0.2, 0) is 20.9 Å². The normalized spacial score (nSPS) is 15.3. The van der Waals surface area contributed by atoms with E-state index in [1.165, 1.54) is 44.4 Å². The molecule has 13 heteroatoms. The number of carbonyl (C=O) groups excluding carboxylic acids is 3. The van der Waals surface area contributed by atoms with Gasteiger partial charge < -0.3 is 24.3 Å². The molecule has 0 radical (unpaired) electrons. The van der Waals surface area contributed by atoms with Crippen LogP contribution in [0.2, 0.25) is 0 Å². The molecule has 13 nitrogen and oxygen atoms in total. The molecule has 1 aliphatic rings. The van der Waals surface area contributed by atoms with Gasteiger partial charge >= 0.3 is 23.7 Å². The number of aliphatic carboxylic acids is 1. The molecule has 0 saturated carbocycles. The Hall–Kier alpha value is -4.68. The number of nitro groups is 1. The van der Waals surface area contributed by atoms with Gasteiger partial charge in [-0.25, -0.2) is 14.4 Å². The minimum Gasteiger partial charge on any atom is -0.479 e. The van der Waals surface area contributed by atoms with Gasteiger partial charge in [0.15, 0.2) is 11.9 Å². The Morgan fingerprint density at radius 3 is 2.67 bits per heavy atom. The van der Waals surface area contributed by atoms with Crippen molar-refractivity contribution in [1.82, 2.24) is 10.2 Å². The number of furan rings is 1. The number of esters is 1. The monoisotopic (exact) mass is 459 g/mol. The first-order chi connectivity index (χ1) is 15.6. The second-order valence-corrected chi connectivity index (χ2v) is 6.72. The van der Waals surface area contributed by atoms with Crippen molar-refractivity contribution in [3.8, 4) is 5.75 Å². The van der Waals surface area contributed by atoms with Crippen molar-refractivity contribution < 1.29 is 43.1 Å². The van der Waals surface area contributed by atoms with E-state index < -0.39 is 40.6 Å². The zero-order chi connectivity index (χ0) is 24.3. The molecule has 0 aliphatic carbocycles. The first kappa shape index (κ1) is 23.0. The number of urea groups is 1. The number of benzene rings is 1. The van der Waals surface area contributed by atoms with Gasteiger partial charge in [-0.2, -0.15) is 0 Å². The maximum absolute atomic E-state index is 12.6. The van der Waals surface area contributed by atoms with Crippen molar-refractivity contribution in [3.63, 3.8) is 0 Å². The molecule has 1 aliphatic heterocycles. The number of nitrogens with one attached hydrogen (secondary N) is 1. The van der Waals surface area contributed by atoms with Crippen LogP contribution in [0.25, 0.3) is 6.08 Å². The van der Waals surface area contributed by atoms with Gasteiger partial charge in [-0.15, -0.1) is 0 Å². The number of hydrogen-bond acceptors (Lipinski definition) is 9. The van der Waals surface area contributed by atoms with E-state index in [0.29, 0.717) is 0 Å². The summed E-state index contributed by atoms with van der Waals surface area (Å²) in [4.78, 5) is 58.7. The number of imide groups is 1. The number of hydrogen-bond donors (Lipinski definition) is 2. The quantitative estimate of drug-likeness (QED) is 0.195. The van der Waals surface area contributed by atoms with Crippen molar-refractivity contribution in [1.29, 1.82) is 0 Å². The highest BCUT2D eigenvalue weighted by Gasteiger charge is 2.34. The van der Waals surface area contributed by atoms with E-state index in [4.69, 9.17) is 14.3 Å². The second kappa shape index (κ2) is 9.21. The van der Waals surface area contributed by atoms with Crippen molar-refractivity contribution >= 4 is 35.6 Å². The molecule has 33 heavy (non-hydrogen) atoms. The van der Waals surface area contributed by atoms with E-state index in [1.54, 1.807) is 0 Å². The first-order valence-corrected chi connectivity index (χ1v) is 9.30. The van der Waals surface area contributed by atoms with E-state index in [1.807, 2.05) is 0 Å². The number of carboxylic acids is 1. The fourth-order valence-electron chi connectivity index (χ4n) is 2.82. The number of carboxylic acid groups (broad SMARTS) is 1. The number of methoxy groups -OCH3 is 1. The Morgan fingerprint density at radius 1 is 1.30 bits per heavy atom. The summed E-state index contributed by atoms with van der Waals surface area (Å²) in [5, 5.41) is 22.7. The number of carbonyl (C=O) groups is 4. The Morgan fingerprint density at radius 2 is 2.03 bits per heavy atom. The highest BCUT2D eigenvalue weighted by Crippen LogP contribution is 2.30. The van der Waals surface area contributed by atoms with Gasteiger partial charge in [0.25, 0.3) is 5.91 Å². The van der Waals surface area contributed by atoms with E-state index in [0.717, 1.165) is 11.0 Å². The van der Waals surface area contributed by atoms with Crippen LogP contribution in [0.5, 0.6) is 5.75 Å². The van der Waals surface area contributed by atoms with Gasteiger partial charge in [0, 0.05) is 6.07 Å². The van der Waals surface area contributed by atoms with Crippen molar-refractivity contribution in [2.24, 2.45) is 0 Å². The Balaban J connectivity index is 1.81. The molecule has 0 spiro atoms. The molecule has 0 bridgehead atoms. The van der Waals surface area contributed by atoms with Gasteiger partial charge in [0.05, 0.1) is 18.6 Å². The number of amides is 3. The summed E-state index contributed by atoms with van der Waals surface area (Å²) in [5.74, 6) is -2.94. The minimum atomic E-state index is -1.32. The van der Waals surface area contributed by atoms with Crippen molar-refractivity contribution in [3.05, 3.63) is 63.2 Å². The summed E-state index contributed by atoms with van der Waals surface area (Å²) >= 11 is 0. The van der Waals surface area contributed by atoms with Crippen LogP contribution in [0.4, 0.5) is 10.5 Å². The number of ether oxygens (including phenoxy) is 2. The number of nitrogens with zero attached hydrogens (tertiary/aromatic N) is 2. The number of rotatable bonds is 8. The molecule has 1 aromatic carbocycles. The highest BCUT2D eigenvalue weighted by atomic mass is 16.6. The molecule has 172 valence electrons. The molecular weight excluding hydrogens is 442 g/mol. The third-order valence-electron chi connectivity index (χ3n) is 4.47. The zero-order valence-electron chi connectivity index (χ0n) is 17.3. The summed E-state index contributed by atoms with van der Waals surface area (Å²) in [6, 6.07) is 5.63. The molecule has 2 N–H and O–H groups in total. The third-order valence-corrected chi connectivity index (χ3v) is 4.47. The lowest BCUT2D eigenvalue weighted by atomic mass is 10.1. The maximum Gasteiger partial charge on any atom is 0.373 e. The molecule has 3 rings (SSSR count). The number of nitro benzene ring substituents is 1. The van der Waals surface area contributed by atoms with Crippen LogP contribution in [0.3, 0.4) is 0 Å². The molecule has 2 aromatic rings. The average Bonchev–Trinajstić information content (AvgIpc) is 3.34. The first-order valence-electron chi connectivity index (χ1n) is 9.30. The van der Waals surface area contributed by atoms with E-state index in [9.17, 15) is 29.3 Å². The average molecular weight is 459 g/mol. The van der Waals surface area contributed by atoms with Crippen LogP contribution in [0.15, 0.2) is 40.4 Å². The van der Waals surface area contributed by atoms with Gasteiger partial charge in [-0.1, -0.05) is 6.07 Å². The maximum atomic E-state index is 12.6. The standard InChI is InChI=1S/C20H17N3O10/c1-10(18(25)26)32-15-5-3-11(8-14(15)23(29)30)7-13-17(24)22(20(28)21-13)9-12-4-6-16(33-12)19(27)31-2/h3-8,10H,9H2,1-2H3,(H,21,28)(H,25,26). The minimum absolute atomic E-state index is 0.0952. The summed E-state index contributed by atoms with van der Waals surface area (Å²) in [5.41, 5.74) is -0.480. The SMILES string of the molecule is COC(=O)c1ccc(CN2C(=O)NC(=Cc3ccc(OC(C)C(=O)O)c([N+](=O)[O-])c3)C2=O)o1. The third kappa shape index (κ3) is 4.98. The Kier molecular flexibility index (Phi) is 6.42. The van der Waals surface area contributed by atoms with Crippen LogP contribution in [-0.4, -0.2) is 52.0 Å². The summed E-state index contributed by atoms with van der Waals surface area (Å²) < 4.78 is 14.9. The second-order valence-electron chi connectivity index (χ2n) is 6.72. The Labute approximate surface area is 185 Å². The molecule has 1 aromatic heterocycles. The van der Waals surface area contributed by atoms with E-state index in [-0.39, 0.29) is 35.1 Å². The smallest absolute Gasteiger partial charge is 0.373 e. The van der Waals surface area contributed by atoms with Gasteiger partial charge in [0.1, 0.15) is 11.5 Å². The zero-order valence-corrected chi connectivity index (χ0v) is 17.3. The van der Waals surface area contributed by atoms with Gasteiger partial charge in [-0.05, 0) is 36.8 Å². The lowest BCUT2D eigenvalue weighted by molar-refractivity contribution is -0.386. The summed E-state index contributed by atoms with van der Waals surface area (Å²) in [6.45, 7) is 0.954. The van der Waals surface area contributed by atoms with Crippen molar-refractivity contribution in [2.75, 3.05) is 7.11 Å². The highest BCUT2D eigenvalue weighted by molar-refractivity contribution is 6.13. The van der Waals surface area contributed by atoms with Gasteiger partial charge in [0.2, 0.25) is 5.76 Å². The molecule has 2 heterocycles. The van der Waals surface area contributed by atoms with E-state index in [2.05, 4.69) is 10.1 Å². The Bertz CT molecular complexity index is 1180. The topological polar surface area (TPSA) is 179 Å². The predicted molar refractivity (Wildman–Crippen MR) is 108 cm³/mol. The van der Waals surface area contributed by atoms with Crippen LogP contribution >= 0.6 is 0 Å². The summed E-state index contributed by atoms with van der Waals surface area (Å²) in [7, 11) is 1.18. The molecule has 1 atom stereocenters. The predicted octanol–water partition coefficient (Wildman–Crippen LogP) is 1.92. The molecule has 1 saturated heterocycles. The fraction of sp³-hybridized carbons (Fsp3) is 0.200. The van der Waals surface area contributed by atoms with Crippen LogP contribution in [0, 0.1) is 10.1 Å². The molecular formula is C20H17N3O10. The van der Waals surface area contributed by atoms with E-state index >= 15 is 0 Å². The molecule has 3 amide bonds. The van der Waals surface area contributed by atoms with Gasteiger partial charge in [-0.3, -0.25) is 19.8 Å². The summed E-state index contributed by atoms with van der Waals surface area (Å²) in [6.07, 6.45) is -0.0990. The van der Waals surface area contributed by atoms with Crippen LogP contribution < -0.4 is 10.1 Å². The van der Waals surface area contributed by atoms with Crippen molar-refractivity contribution in [2.45, 2.75) is 19.6 Å². The lowest BCUT2D eigenvalue weighted by Gasteiger charge is -2.11. The fourth-order valence-corrected chi connectivity index (χ4v) is 2.82. The van der Waals surface area contributed by atoms with Crippen LogP contribution in [0.1, 0.15) is 28.8 Å². The largest absolute Gasteiger partial charge is 0.479 e. The molecule has 1 fully saturated rings. The lowest BCUT2D eigenvalue weighted by Crippen LogP contribution is -2.30. The molecule has 1 unspecified atom stereocenters.